The zero-order valence-corrected chi connectivity index (χ0v) is 20.4. The number of imidazole rings is 1. The Labute approximate surface area is 201 Å². The molecule has 6 nitrogen and oxygen atoms in total. The van der Waals surface area contributed by atoms with Crippen LogP contribution in [0.2, 0.25) is 5.02 Å². The number of halogens is 2. The lowest BCUT2D eigenvalue weighted by Gasteiger charge is -2.37. The first-order valence-corrected chi connectivity index (χ1v) is 12.4. The van der Waals surface area contributed by atoms with Crippen molar-refractivity contribution in [1.82, 2.24) is 19.8 Å². The summed E-state index contributed by atoms with van der Waals surface area (Å²) >= 11 is 9.79. The maximum absolute atomic E-state index is 12.7. The van der Waals surface area contributed by atoms with Crippen molar-refractivity contribution in [3.05, 3.63) is 57.8 Å². The highest BCUT2D eigenvalue weighted by Gasteiger charge is 2.29. The predicted octanol–water partition coefficient (Wildman–Crippen LogP) is 4.46. The molecule has 5 rings (SSSR count). The second-order valence-corrected chi connectivity index (χ2v) is 9.92. The van der Waals surface area contributed by atoms with Gasteiger partial charge in [-0.25, -0.2) is 4.98 Å². The molecule has 0 aliphatic carbocycles. The smallest absolute Gasteiger partial charge is 0.239 e. The quantitative estimate of drug-likeness (QED) is 0.556. The van der Waals surface area contributed by atoms with Gasteiger partial charge in [-0.05, 0) is 62.2 Å². The molecular formula is C24H27BrClN5O. The van der Waals surface area contributed by atoms with Crippen molar-refractivity contribution in [3.8, 4) is 0 Å². The first-order chi connectivity index (χ1) is 15.5. The third-order valence-electron chi connectivity index (χ3n) is 6.70. The molecule has 0 saturated carbocycles. The van der Waals surface area contributed by atoms with Gasteiger partial charge in [0, 0.05) is 41.4 Å². The molecule has 1 amide bonds. The third-order valence-corrected chi connectivity index (χ3v) is 7.62. The van der Waals surface area contributed by atoms with Crippen LogP contribution < -0.4 is 10.2 Å². The molecule has 0 radical (unpaired) electrons. The Balaban J connectivity index is 1.34. The summed E-state index contributed by atoms with van der Waals surface area (Å²) in [7, 11) is 0. The van der Waals surface area contributed by atoms with Crippen molar-refractivity contribution in [3.63, 3.8) is 0 Å². The summed E-state index contributed by atoms with van der Waals surface area (Å²) in [6, 6.07) is 12.5. The Morgan fingerprint density at radius 1 is 1.19 bits per heavy atom. The minimum atomic E-state index is 0.0148. The van der Waals surface area contributed by atoms with E-state index in [1.54, 1.807) is 0 Å². The lowest BCUT2D eigenvalue weighted by atomic mass is 10.1. The molecule has 0 spiro atoms. The molecule has 3 heterocycles. The fourth-order valence-corrected chi connectivity index (χ4v) is 5.82. The standard InChI is InChI=1S/C24H27BrClN5O/c1-16(19-6-4-17(26)13-20(19)25)31-15-28-21-7-5-18(14-23(21)31)29-9-11-30(12-10-29)24(32)22-3-2-8-27-22/h4-7,13-16,22,27H,2-3,8-12H2,1H3. The fraction of sp³-hybridized carbons (Fsp3) is 0.417. The van der Waals surface area contributed by atoms with Crippen LogP contribution in [0.3, 0.4) is 0 Å². The van der Waals surface area contributed by atoms with Gasteiger partial charge in [-0.3, -0.25) is 4.79 Å². The average molecular weight is 517 g/mol. The van der Waals surface area contributed by atoms with Crippen LogP contribution in [-0.2, 0) is 4.79 Å². The molecule has 2 atom stereocenters. The van der Waals surface area contributed by atoms with Crippen LogP contribution in [0.25, 0.3) is 11.0 Å². The number of piperazine rings is 1. The summed E-state index contributed by atoms with van der Waals surface area (Å²) in [6.07, 6.45) is 3.96. The van der Waals surface area contributed by atoms with E-state index in [-0.39, 0.29) is 18.0 Å². The van der Waals surface area contributed by atoms with Gasteiger partial charge < -0.3 is 19.7 Å². The number of rotatable bonds is 4. The number of hydrogen-bond acceptors (Lipinski definition) is 4. The lowest BCUT2D eigenvalue weighted by Crippen LogP contribution is -2.53. The van der Waals surface area contributed by atoms with E-state index < -0.39 is 0 Å². The highest BCUT2D eigenvalue weighted by atomic mass is 79.9. The van der Waals surface area contributed by atoms with Gasteiger partial charge in [0.2, 0.25) is 5.91 Å². The maximum Gasteiger partial charge on any atom is 0.239 e. The molecule has 2 saturated heterocycles. The van der Waals surface area contributed by atoms with Crippen LogP contribution in [0, 0.1) is 0 Å². The highest BCUT2D eigenvalue weighted by Crippen LogP contribution is 2.32. The number of nitrogens with one attached hydrogen (secondary N) is 1. The summed E-state index contributed by atoms with van der Waals surface area (Å²) in [4.78, 5) is 21.7. The van der Waals surface area contributed by atoms with Crippen molar-refractivity contribution in [2.45, 2.75) is 31.8 Å². The van der Waals surface area contributed by atoms with Crippen LogP contribution >= 0.6 is 27.5 Å². The van der Waals surface area contributed by atoms with E-state index in [0.29, 0.717) is 5.02 Å². The van der Waals surface area contributed by atoms with Crippen molar-refractivity contribution in [2.24, 2.45) is 0 Å². The van der Waals surface area contributed by atoms with Crippen molar-refractivity contribution in [2.75, 3.05) is 37.6 Å². The van der Waals surface area contributed by atoms with Gasteiger partial charge >= 0.3 is 0 Å². The van der Waals surface area contributed by atoms with Gasteiger partial charge in [0.05, 0.1) is 29.4 Å². The van der Waals surface area contributed by atoms with E-state index in [0.717, 1.165) is 66.6 Å². The number of benzene rings is 2. The number of carbonyl (C=O) groups is 1. The monoisotopic (exact) mass is 515 g/mol. The fourth-order valence-electron chi connectivity index (χ4n) is 4.81. The van der Waals surface area contributed by atoms with Gasteiger partial charge in [-0.1, -0.05) is 33.6 Å². The third kappa shape index (κ3) is 4.14. The zero-order valence-electron chi connectivity index (χ0n) is 18.1. The van der Waals surface area contributed by atoms with Crippen LogP contribution in [-0.4, -0.2) is 59.1 Å². The van der Waals surface area contributed by atoms with Gasteiger partial charge in [-0.15, -0.1) is 0 Å². The largest absolute Gasteiger partial charge is 0.368 e. The van der Waals surface area contributed by atoms with Crippen molar-refractivity contribution >= 4 is 50.2 Å². The number of anilines is 1. The molecule has 168 valence electrons. The molecule has 2 unspecified atom stereocenters. The molecule has 32 heavy (non-hydrogen) atoms. The Kier molecular flexibility index (Phi) is 6.14. The summed E-state index contributed by atoms with van der Waals surface area (Å²) in [5.41, 5.74) is 4.41. The van der Waals surface area contributed by atoms with Gasteiger partial charge in [0.15, 0.2) is 0 Å². The number of amides is 1. The molecule has 2 aromatic carbocycles. The molecule has 8 heteroatoms. The van der Waals surface area contributed by atoms with Crippen LogP contribution in [0.5, 0.6) is 0 Å². The van der Waals surface area contributed by atoms with Gasteiger partial charge in [-0.2, -0.15) is 0 Å². The summed E-state index contributed by atoms with van der Waals surface area (Å²) in [5.74, 6) is 0.262. The molecule has 1 N–H and O–H groups in total. The Bertz CT molecular complexity index is 1130. The number of aromatic nitrogens is 2. The predicted molar refractivity (Wildman–Crippen MR) is 133 cm³/mol. The van der Waals surface area contributed by atoms with E-state index in [1.807, 2.05) is 23.4 Å². The second kappa shape index (κ2) is 9.04. The molecule has 3 aromatic rings. The number of nitrogens with zero attached hydrogens (tertiary/aromatic N) is 4. The van der Waals surface area contributed by atoms with Crippen LogP contribution in [0.15, 0.2) is 47.2 Å². The lowest BCUT2D eigenvalue weighted by molar-refractivity contribution is -0.133. The minimum Gasteiger partial charge on any atom is -0.368 e. The minimum absolute atomic E-state index is 0.0148. The molecule has 0 bridgehead atoms. The maximum atomic E-state index is 12.7. The molecule has 2 aliphatic rings. The second-order valence-electron chi connectivity index (χ2n) is 8.63. The van der Waals surface area contributed by atoms with E-state index >= 15 is 0 Å². The van der Waals surface area contributed by atoms with E-state index in [2.05, 4.69) is 66.9 Å². The molecule has 1 aromatic heterocycles. The average Bonchev–Trinajstić information content (AvgIpc) is 3.48. The number of carbonyl (C=O) groups excluding carboxylic acids is 1. The van der Waals surface area contributed by atoms with Crippen molar-refractivity contribution < 1.29 is 4.79 Å². The van der Waals surface area contributed by atoms with E-state index in [1.165, 1.54) is 5.69 Å². The highest BCUT2D eigenvalue weighted by molar-refractivity contribution is 9.10. The Hall–Kier alpha value is -2.09. The first-order valence-electron chi connectivity index (χ1n) is 11.2. The van der Waals surface area contributed by atoms with Crippen LogP contribution in [0.1, 0.15) is 31.4 Å². The summed E-state index contributed by atoms with van der Waals surface area (Å²) < 4.78 is 3.20. The van der Waals surface area contributed by atoms with Crippen molar-refractivity contribution in [1.29, 1.82) is 0 Å². The Morgan fingerprint density at radius 3 is 2.72 bits per heavy atom. The molecule has 2 aliphatic heterocycles. The topological polar surface area (TPSA) is 53.4 Å². The van der Waals surface area contributed by atoms with Crippen LogP contribution in [0.4, 0.5) is 5.69 Å². The van der Waals surface area contributed by atoms with Gasteiger partial charge in [0.1, 0.15) is 0 Å². The van der Waals surface area contributed by atoms with E-state index in [4.69, 9.17) is 11.6 Å². The number of hydrogen-bond donors (Lipinski definition) is 1. The molecular weight excluding hydrogens is 490 g/mol. The summed E-state index contributed by atoms with van der Waals surface area (Å²) in [5, 5.41) is 4.04. The number of fused-ring (bicyclic) bond motifs is 1. The van der Waals surface area contributed by atoms with Gasteiger partial charge in [0.25, 0.3) is 0 Å². The Morgan fingerprint density at radius 2 is 2.00 bits per heavy atom. The first kappa shape index (κ1) is 21.7. The normalized spacial score (nSPS) is 20.2. The zero-order chi connectivity index (χ0) is 22.2. The summed E-state index contributed by atoms with van der Waals surface area (Å²) in [6.45, 7) is 6.34. The molecule has 2 fully saturated rings. The SMILES string of the molecule is CC(c1ccc(Cl)cc1Br)n1cnc2ccc(N3CCN(C(=O)C4CCCN4)CC3)cc21. The van der Waals surface area contributed by atoms with E-state index in [9.17, 15) is 4.79 Å².